The van der Waals surface area contributed by atoms with Crippen molar-refractivity contribution in [3.63, 3.8) is 0 Å². The molecule has 3 heteroatoms. The largest absolute Gasteiger partial charge is 0.380 e. The minimum absolute atomic E-state index is 0. The first kappa shape index (κ1) is 19.0. The molecule has 1 aliphatic heterocycles. The summed E-state index contributed by atoms with van der Waals surface area (Å²) in [5, 5.41) is 11.6. The molecule has 2 nitrogen and oxygen atoms in total. The van der Waals surface area contributed by atoms with E-state index in [4.69, 9.17) is 0 Å². The highest BCUT2D eigenvalue weighted by Gasteiger charge is 2.36. The van der Waals surface area contributed by atoms with Crippen LogP contribution in [0.25, 0.3) is 0 Å². The molecule has 2 unspecified atom stereocenters. The van der Waals surface area contributed by atoms with Crippen LogP contribution in [-0.4, -0.2) is 30.1 Å². The van der Waals surface area contributed by atoms with E-state index >= 15 is 0 Å². The third-order valence-corrected chi connectivity index (χ3v) is 5.35. The molecule has 1 aliphatic rings. The summed E-state index contributed by atoms with van der Waals surface area (Å²) in [7, 11) is 2.19. The van der Waals surface area contributed by atoms with Crippen molar-refractivity contribution in [2.24, 2.45) is 11.8 Å². The molecule has 0 radical (unpaired) electrons. The Kier molecular flexibility index (Phi) is 6.45. The number of benzene rings is 2. The van der Waals surface area contributed by atoms with Crippen LogP contribution < -0.4 is 0 Å². The SMILES string of the molecule is CC(CC(O)(c1ccccc1)c1ccccc1)C1CCN(C)C1.Cl. The van der Waals surface area contributed by atoms with Crippen molar-refractivity contribution in [3.8, 4) is 0 Å². The van der Waals surface area contributed by atoms with E-state index in [2.05, 4.69) is 18.9 Å². The molecule has 0 bridgehead atoms. The van der Waals surface area contributed by atoms with E-state index in [1.165, 1.54) is 13.0 Å². The van der Waals surface area contributed by atoms with Gasteiger partial charge in [0.1, 0.15) is 5.60 Å². The number of hydrogen-bond donors (Lipinski definition) is 1. The van der Waals surface area contributed by atoms with Gasteiger partial charge in [0.25, 0.3) is 0 Å². The molecular weight excluding hydrogens is 318 g/mol. The minimum Gasteiger partial charge on any atom is -0.380 e. The molecule has 1 saturated heterocycles. The van der Waals surface area contributed by atoms with Crippen LogP contribution >= 0.6 is 12.4 Å². The summed E-state index contributed by atoms with van der Waals surface area (Å²) in [5.41, 5.74) is 1.07. The molecule has 1 N–H and O–H groups in total. The summed E-state index contributed by atoms with van der Waals surface area (Å²) >= 11 is 0. The van der Waals surface area contributed by atoms with Gasteiger partial charge < -0.3 is 10.0 Å². The number of likely N-dealkylation sites (tertiary alicyclic amines) is 1. The Hall–Kier alpha value is -1.35. The van der Waals surface area contributed by atoms with Crippen molar-refractivity contribution in [1.29, 1.82) is 0 Å². The van der Waals surface area contributed by atoms with E-state index in [1.54, 1.807) is 0 Å². The number of rotatable bonds is 5. The van der Waals surface area contributed by atoms with Gasteiger partial charge in [-0.2, -0.15) is 0 Å². The zero-order valence-corrected chi connectivity index (χ0v) is 15.4. The zero-order chi connectivity index (χ0) is 16.3. The smallest absolute Gasteiger partial charge is 0.115 e. The van der Waals surface area contributed by atoms with Gasteiger partial charge in [0.2, 0.25) is 0 Å². The highest BCUT2D eigenvalue weighted by atomic mass is 35.5. The fourth-order valence-electron chi connectivity index (χ4n) is 3.90. The van der Waals surface area contributed by atoms with Crippen LogP contribution in [-0.2, 0) is 5.60 Å². The lowest BCUT2D eigenvalue weighted by atomic mass is 9.76. The maximum Gasteiger partial charge on any atom is 0.115 e. The molecule has 0 aromatic heterocycles. The highest BCUT2D eigenvalue weighted by molar-refractivity contribution is 5.85. The van der Waals surface area contributed by atoms with Gasteiger partial charge in [-0.15, -0.1) is 12.4 Å². The Balaban J connectivity index is 0.00000208. The standard InChI is InChI=1S/C21H27NO.ClH/c1-17(18-13-14-22(2)16-18)15-21(23,19-9-5-3-6-10-19)20-11-7-4-8-12-20;/h3-12,17-18,23H,13-16H2,1-2H3;1H. The molecule has 2 aromatic carbocycles. The van der Waals surface area contributed by atoms with Crippen molar-refractivity contribution in [3.05, 3.63) is 71.8 Å². The molecule has 3 rings (SSSR count). The van der Waals surface area contributed by atoms with Gasteiger partial charge in [0, 0.05) is 6.54 Å². The lowest BCUT2D eigenvalue weighted by Crippen LogP contribution is -2.32. The Labute approximate surface area is 151 Å². The third kappa shape index (κ3) is 4.00. The van der Waals surface area contributed by atoms with Gasteiger partial charge in [-0.3, -0.25) is 0 Å². The van der Waals surface area contributed by atoms with E-state index in [0.29, 0.717) is 11.8 Å². The topological polar surface area (TPSA) is 23.5 Å². The maximum atomic E-state index is 11.6. The first-order chi connectivity index (χ1) is 11.1. The van der Waals surface area contributed by atoms with Gasteiger partial charge in [-0.25, -0.2) is 0 Å². The predicted molar refractivity (Wildman–Crippen MR) is 103 cm³/mol. The molecule has 2 aromatic rings. The third-order valence-electron chi connectivity index (χ3n) is 5.35. The number of hydrogen-bond acceptors (Lipinski definition) is 2. The minimum atomic E-state index is -0.914. The van der Waals surface area contributed by atoms with E-state index in [-0.39, 0.29) is 12.4 Å². The Morgan fingerprint density at radius 2 is 1.54 bits per heavy atom. The summed E-state index contributed by atoms with van der Waals surface area (Å²) in [6.07, 6.45) is 2.00. The Morgan fingerprint density at radius 3 is 1.96 bits per heavy atom. The molecule has 0 aliphatic carbocycles. The molecule has 1 heterocycles. The van der Waals surface area contributed by atoms with Crippen molar-refractivity contribution in [1.82, 2.24) is 4.90 Å². The van der Waals surface area contributed by atoms with Crippen LogP contribution in [0.15, 0.2) is 60.7 Å². The molecule has 0 saturated carbocycles. The van der Waals surface area contributed by atoms with E-state index in [0.717, 1.165) is 24.1 Å². The summed E-state index contributed by atoms with van der Waals surface area (Å²) in [5.74, 6) is 1.14. The molecule has 0 amide bonds. The first-order valence-corrected chi connectivity index (χ1v) is 8.61. The monoisotopic (exact) mass is 345 g/mol. The maximum absolute atomic E-state index is 11.6. The lowest BCUT2D eigenvalue weighted by Gasteiger charge is -2.34. The van der Waals surface area contributed by atoms with Crippen molar-refractivity contribution >= 4 is 12.4 Å². The van der Waals surface area contributed by atoms with Gasteiger partial charge in [0.05, 0.1) is 0 Å². The highest BCUT2D eigenvalue weighted by Crippen LogP contribution is 2.39. The first-order valence-electron chi connectivity index (χ1n) is 8.61. The fraction of sp³-hybridized carbons (Fsp3) is 0.429. The second kappa shape index (κ2) is 8.15. The second-order valence-corrected chi connectivity index (χ2v) is 7.08. The van der Waals surface area contributed by atoms with Crippen molar-refractivity contribution in [2.75, 3.05) is 20.1 Å². The summed E-state index contributed by atoms with van der Waals surface area (Å²) in [6, 6.07) is 20.2. The quantitative estimate of drug-likeness (QED) is 0.872. The Morgan fingerprint density at radius 1 is 1.04 bits per heavy atom. The van der Waals surface area contributed by atoms with Gasteiger partial charge in [-0.1, -0.05) is 67.6 Å². The average Bonchev–Trinajstić information content (AvgIpc) is 3.03. The van der Waals surface area contributed by atoms with Crippen LogP contribution in [0.1, 0.15) is 30.9 Å². The molecule has 24 heavy (non-hydrogen) atoms. The van der Waals surface area contributed by atoms with E-state index in [1.807, 2.05) is 60.7 Å². The number of aliphatic hydroxyl groups is 1. The number of halogens is 1. The summed E-state index contributed by atoms with van der Waals surface area (Å²) in [4.78, 5) is 2.39. The average molecular weight is 346 g/mol. The van der Waals surface area contributed by atoms with Crippen LogP contribution in [0.5, 0.6) is 0 Å². The van der Waals surface area contributed by atoms with Crippen LogP contribution in [0.3, 0.4) is 0 Å². The van der Waals surface area contributed by atoms with Gasteiger partial charge in [-0.05, 0) is 49.4 Å². The van der Waals surface area contributed by atoms with Crippen molar-refractivity contribution < 1.29 is 5.11 Å². The van der Waals surface area contributed by atoms with E-state index in [9.17, 15) is 5.11 Å². The molecule has 2 atom stereocenters. The lowest BCUT2D eigenvalue weighted by molar-refractivity contribution is 0.0450. The predicted octanol–water partition coefficient (Wildman–Crippen LogP) is 4.32. The van der Waals surface area contributed by atoms with E-state index < -0.39 is 5.60 Å². The molecule has 0 spiro atoms. The van der Waals surface area contributed by atoms with Crippen LogP contribution in [0, 0.1) is 11.8 Å². The Bertz CT molecular complexity index is 577. The fourth-order valence-corrected chi connectivity index (χ4v) is 3.90. The summed E-state index contributed by atoms with van der Waals surface area (Å²) in [6.45, 7) is 4.60. The zero-order valence-electron chi connectivity index (χ0n) is 14.6. The van der Waals surface area contributed by atoms with Crippen LogP contribution in [0.4, 0.5) is 0 Å². The molecule has 1 fully saturated rings. The molecular formula is C21H28ClNO. The van der Waals surface area contributed by atoms with Crippen molar-refractivity contribution in [2.45, 2.75) is 25.4 Å². The normalized spacial score (nSPS) is 19.7. The second-order valence-electron chi connectivity index (χ2n) is 7.08. The van der Waals surface area contributed by atoms with Gasteiger partial charge >= 0.3 is 0 Å². The van der Waals surface area contributed by atoms with Crippen LogP contribution in [0.2, 0.25) is 0 Å². The molecule has 130 valence electrons. The van der Waals surface area contributed by atoms with Gasteiger partial charge in [0.15, 0.2) is 0 Å². The summed E-state index contributed by atoms with van der Waals surface area (Å²) < 4.78 is 0. The number of nitrogens with zero attached hydrogens (tertiary/aromatic N) is 1.